The molecule has 0 aromatic heterocycles. The Bertz CT molecular complexity index is 1170. The Hall–Kier alpha value is -3.00. The Kier molecular flexibility index (Phi) is 4.63. The van der Waals surface area contributed by atoms with E-state index < -0.39 is 0 Å². The average molecular weight is 382 g/mol. The van der Waals surface area contributed by atoms with E-state index in [0.717, 1.165) is 21.9 Å². The summed E-state index contributed by atoms with van der Waals surface area (Å²) in [4.78, 5) is 2.46. The molecule has 0 aliphatic heterocycles. The molecule has 0 unspecified atom stereocenters. The lowest BCUT2D eigenvalue weighted by Gasteiger charge is -2.35. The molecule has 4 aromatic rings. The third-order valence-electron chi connectivity index (χ3n) is 6.57. The predicted molar refractivity (Wildman–Crippen MR) is 124 cm³/mol. The fraction of sp³-hybridized carbons (Fsp3) is 0.259. The van der Waals surface area contributed by atoms with Crippen LogP contribution in [0, 0.1) is 0 Å². The van der Waals surface area contributed by atoms with Crippen molar-refractivity contribution >= 4 is 27.2 Å². The Morgan fingerprint density at radius 3 is 1.97 bits per heavy atom. The van der Waals surface area contributed by atoms with Gasteiger partial charge in [-0.25, -0.2) is 0 Å². The zero-order valence-corrected chi connectivity index (χ0v) is 16.9. The lowest BCUT2D eigenvalue weighted by atomic mass is 9.89. The van der Waals surface area contributed by atoms with Crippen LogP contribution in [0.2, 0.25) is 0 Å². The van der Waals surface area contributed by atoms with Gasteiger partial charge in [-0.15, -0.1) is 0 Å². The monoisotopic (exact) mass is 381 g/mol. The first-order chi connectivity index (χ1) is 14.2. The van der Waals surface area contributed by atoms with Gasteiger partial charge in [-0.3, -0.25) is 0 Å². The van der Waals surface area contributed by atoms with E-state index in [-0.39, 0.29) is 0 Å². The minimum Gasteiger partial charge on any atom is -0.507 e. The van der Waals surface area contributed by atoms with Crippen molar-refractivity contribution in [2.75, 3.05) is 11.9 Å². The van der Waals surface area contributed by atoms with E-state index in [4.69, 9.17) is 0 Å². The summed E-state index contributed by atoms with van der Waals surface area (Å²) in [6, 6.07) is 25.7. The molecule has 1 aliphatic carbocycles. The zero-order chi connectivity index (χ0) is 19.8. The molecule has 0 amide bonds. The molecule has 0 spiro atoms. The van der Waals surface area contributed by atoms with E-state index in [1.807, 2.05) is 12.1 Å². The normalized spacial score (nSPS) is 15.1. The molecule has 1 N–H and O–H groups in total. The minimum atomic E-state index is 0.346. The van der Waals surface area contributed by atoms with Crippen LogP contribution in [0.25, 0.3) is 32.7 Å². The average Bonchev–Trinajstić information content (AvgIpc) is 2.79. The summed E-state index contributed by atoms with van der Waals surface area (Å²) in [7, 11) is 2.23. The predicted octanol–water partition coefficient (Wildman–Crippen LogP) is 7.13. The molecule has 0 saturated heterocycles. The number of aromatic hydroxyl groups is 1. The minimum absolute atomic E-state index is 0.346. The molecular formula is C27H27NO. The molecule has 0 radical (unpaired) electrons. The maximum absolute atomic E-state index is 11.0. The number of phenols is 1. The molecule has 1 fully saturated rings. The molecule has 1 aliphatic rings. The summed E-state index contributed by atoms with van der Waals surface area (Å²) >= 11 is 0. The van der Waals surface area contributed by atoms with E-state index in [1.54, 1.807) is 0 Å². The highest BCUT2D eigenvalue weighted by molar-refractivity contribution is 6.11. The smallest absolute Gasteiger partial charge is 0.124 e. The van der Waals surface area contributed by atoms with E-state index in [1.165, 1.54) is 48.6 Å². The molecule has 2 heteroatoms. The number of nitrogens with zero attached hydrogens (tertiary/aromatic N) is 1. The van der Waals surface area contributed by atoms with E-state index in [0.29, 0.717) is 11.8 Å². The second-order valence-electron chi connectivity index (χ2n) is 8.26. The molecule has 1 saturated carbocycles. The van der Waals surface area contributed by atoms with Crippen LogP contribution in [0.15, 0.2) is 72.8 Å². The van der Waals surface area contributed by atoms with E-state index in [2.05, 4.69) is 72.6 Å². The van der Waals surface area contributed by atoms with E-state index in [9.17, 15) is 5.11 Å². The van der Waals surface area contributed by atoms with Gasteiger partial charge >= 0.3 is 0 Å². The van der Waals surface area contributed by atoms with Gasteiger partial charge in [-0.2, -0.15) is 0 Å². The second-order valence-corrected chi connectivity index (χ2v) is 8.26. The van der Waals surface area contributed by atoms with Crippen LogP contribution in [0.4, 0.5) is 5.69 Å². The van der Waals surface area contributed by atoms with Crippen LogP contribution in [0.5, 0.6) is 5.75 Å². The Morgan fingerprint density at radius 1 is 0.690 bits per heavy atom. The molecule has 0 bridgehead atoms. The van der Waals surface area contributed by atoms with Gasteiger partial charge in [0.2, 0.25) is 0 Å². The maximum Gasteiger partial charge on any atom is 0.124 e. The quantitative estimate of drug-likeness (QED) is 0.408. The SMILES string of the molecule is CN(c1ccc2ccccc2c1-c1c(O)ccc2ccccc12)C1CCCCC1. The van der Waals surface area contributed by atoms with Gasteiger partial charge < -0.3 is 10.0 Å². The van der Waals surface area contributed by atoms with Gasteiger partial charge in [0, 0.05) is 29.9 Å². The van der Waals surface area contributed by atoms with Crippen molar-refractivity contribution in [2.45, 2.75) is 38.1 Å². The van der Waals surface area contributed by atoms with Crippen molar-refractivity contribution in [3.05, 3.63) is 72.8 Å². The topological polar surface area (TPSA) is 23.5 Å². The summed E-state index contributed by atoms with van der Waals surface area (Å²) < 4.78 is 0. The lowest BCUT2D eigenvalue weighted by molar-refractivity contribution is 0.428. The number of fused-ring (bicyclic) bond motifs is 2. The van der Waals surface area contributed by atoms with Crippen molar-refractivity contribution in [1.29, 1.82) is 0 Å². The third-order valence-corrected chi connectivity index (χ3v) is 6.57. The highest BCUT2D eigenvalue weighted by Crippen LogP contribution is 2.45. The molecular weight excluding hydrogens is 354 g/mol. The van der Waals surface area contributed by atoms with Crippen LogP contribution >= 0.6 is 0 Å². The van der Waals surface area contributed by atoms with Gasteiger partial charge in [0.1, 0.15) is 5.75 Å². The molecule has 146 valence electrons. The highest BCUT2D eigenvalue weighted by Gasteiger charge is 2.23. The van der Waals surface area contributed by atoms with Crippen LogP contribution in [-0.4, -0.2) is 18.2 Å². The number of hydrogen-bond donors (Lipinski definition) is 1. The molecule has 29 heavy (non-hydrogen) atoms. The third kappa shape index (κ3) is 3.13. The number of rotatable bonds is 3. The first-order valence-corrected chi connectivity index (χ1v) is 10.7. The van der Waals surface area contributed by atoms with Gasteiger partial charge in [-0.05, 0) is 46.5 Å². The van der Waals surface area contributed by atoms with Gasteiger partial charge in [0.15, 0.2) is 0 Å². The van der Waals surface area contributed by atoms with Crippen LogP contribution in [-0.2, 0) is 0 Å². The van der Waals surface area contributed by atoms with Crippen molar-refractivity contribution < 1.29 is 5.11 Å². The highest BCUT2D eigenvalue weighted by atomic mass is 16.3. The zero-order valence-electron chi connectivity index (χ0n) is 16.9. The van der Waals surface area contributed by atoms with Crippen LogP contribution in [0.1, 0.15) is 32.1 Å². The van der Waals surface area contributed by atoms with Crippen LogP contribution < -0.4 is 4.90 Å². The first-order valence-electron chi connectivity index (χ1n) is 10.7. The number of anilines is 1. The van der Waals surface area contributed by atoms with Crippen molar-refractivity contribution in [1.82, 2.24) is 0 Å². The number of phenolic OH excluding ortho intramolecular Hbond substituents is 1. The summed E-state index contributed by atoms with van der Waals surface area (Å²) in [6.45, 7) is 0. The van der Waals surface area contributed by atoms with Gasteiger partial charge in [-0.1, -0.05) is 79.9 Å². The standard InChI is InChI=1S/C27H27NO/c1-28(21-11-3-2-4-12-21)24-17-15-19-9-5-7-13-22(19)26(24)27-23-14-8-6-10-20(23)16-18-25(27)29/h5-10,13-18,21,29H,2-4,11-12H2,1H3. The summed E-state index contributed by atoms with van der Waals surface area (Å²) in [5.74, 6) is 0.346. The largest absolute Gasteiger partial charge is 0.507 e. The van der Waals surface area contributed by atoms with Gasteiger partial charge in [0.05, 0.1) is 0 Å². The van der Waals surface area contributed by atoms with Crippen LogP contribution in [0.3, 0.4) is 0 Å². The maximum atomic E-state index is 11.0. The molecule has 2 nitrogen and oxygen atoms in total. The summed E-state index contributed by atoms with van der Waals surface area (Å²) in [5, 5.41) is 15.7. The fourth-order valence-corrected chi connectivity index (χ4v) is 5.00. The summed E-state index contributed by atoms with van der Waals surface area (Å²) in [6.07, 6.45) is 6.43. The van der Waals surface area contributed by atoms with Gasteiger partial charge in [0.25, 0.3) is 0 Å². The van der Waals surface area contributed by atoms with Crippen molar-refractivity contribution in [2.24, 2.45) is 0 Å². The lowest BCUT2D eigenvalue weighted by Crippen LogP contribution is -2.33. The fourth-order valence-electron chi connectivity index (χ4n) is 5.00. The van der Waals surface area contributed by atoms with E-state index >= 15 is 0 Å². The Morgan fingerprint density at radius 2 is 1.28 bits per heavy atom. The number of benzene rings is 4. The first kappa shape index (κ1) is 18.1. The molecule has 0 heterocycles. The molecule has 0 atom stereocenters. The van der Waals surface area contributed by atoms with Crippen molar-refractivity contribution in [3.8, 4) is 16.9 Å². The molecule has 4 aromatic carbocycles. The number of hydrogen-bond acceptors (Lipinski definition) is 2. The molecule has 5 rings (SSSR count). The Balaban J connectivity index is 1.82. The van der Waals surface area contributed by atoms with Crippen molar-refractivity contribution in [3.63, 3.8) is 0 Å². The second kappa shape index (κ2) is 7.44. The summed E-state index contributed by atoms with van der Waals surface area (Å²) in [5.41, 5.74) is 3.30. The Labute approximate surface area is 172 Å².